The van der Waals surface area contributed by atoms with Crippen molar-refractivity contribution in [3.8, 4) is 0 Å². The van der Waals surface area contributed by atoms with Gasteiger partial charge in [0.2, 0.25) is 0 Å². The van der Waals surface area contributed by atoms with Gasteiger partial charge in [-0.15, -0.1) is 0 Å². The SMILES string of the molecule is CC(C)(C)OC(=O)N1CCC2(CC1)c1ccccc1N[C@@H]2C(F)(F)F. The van der Waals surface area contributed by atoms with E-state index < -0.39 is 29.3 Å². The maximum absolute atomic E-state index is 13.7. The zero-order chi connectivity index (χ0) is 18.5. The van der Waals surface area contributed by atoms with Gasteiger partial charge in [0.05, 0.1) is 0 Å². The van der Waals surface area contributed by atoms with Crippen molar-refractivity contribution < 1.29 is 22.7 Å². The van der Waals surface area contributed by atoms with E-state index in [2.05, 4.69) is 5.32 Å². The number of fused-ring (bicyclic) bond motifs is 2. The summed E-state index contributed by atoms with van der Waals surface area (Å²) in [7, 11) is 0. The Labute approximate surface area is 145 Å². The molecule has 1 aromatic rings. The number of hydrogen-bond acceptors (Lipinski definition) is 3. The highest BCUT2D eigenvalue weighted by molar-refractivity contribution is 5.69. The molecule has 0 bridgehead atoms. The summed E-state index contributed by atoms with van der Waals surface area (Å²) in [6.45, 7) is 5.81. The minimum atomic E-state index is -4.35. The number of rotatable bonds is 0. The average molecular weight is 356 g/mol. The first-order chi connectivity index (χ1) is 11.5. The minimum Gasteiger partial charge on any atom is -0.444 e. The van der Waals surface area contributed by atoms with Crippen LogP contribution in [-0.4, -0.2) is 41.9 Å². The third-order valence-electron chi connectivity index (χ3n) is 4.95. The van der Waals surface area contributed by atoms with Gasteiger partial charge in [0.1, 0.15) is 11.6 Å². The number of carbonyl (C=O) groups is 1. The van der Waals surface area contributed by atoms with Crippen LogP contribution in [0.2, 0.25) is 0 Å². The number of ether oxygens (including phenoxy) is 1. The van der Waals surface area contributed by atoms with Gasteiger partial charge in [-0.05, 0) is 45.2 Å². The van der Waals surface area contributed by atoms with Crippen LogP contribution in [0.15, 0.2) is 24.3 Å². The van der Waals surface area contributed by atoms with Gasteiger partial charge in [0.25, 0.3) is 0 Å². The number of nitrogens with one attached hydrogen (secondary N) is 1. The van der Waals surface area contributed by atoms with Crippen molar-refractivity contribution in [2.45, 2.75) is 56.8 Å². The largest absolute Gasteiger partial charge is 0.444 e. The monoisotopic (exact) mass is 356 g/mol. The molecule has 0 aromatic heterocycles. The van der Waals surface area contributed by atoms with Crippen LogP contribution in [0.25, 0.3) is 0 Å². The molecule has 0 unspecified atom stereocenters. The van der Waals surface area contributed by atoms with Crippen LogP contribution in [0.4, 0.5) is 23.7 Å². The molecule has 0 saturated carbocycles. The van der Waals surface area contributed by atoms with Gasteiger partial charge in [-0.1, -0.05) is 18.2 Å². The number of benzene rings is 1. The van der Waals surface area contributed by atoms with Gasteiger partial charge in [-0.25, -0.2) is 4.79 Å². The number of para-hydroxylation sites is 1. The Bertz CT molecular complexity index is 659. The highest BCUT2D eigenvalue weighted by Crippen LogP contribution is 2.52. The summed E-state index contributed by atoms with van der Waals surface area (Å²) in [5.74, 6) is 0. The van der Waals surface area contributed by atoms with Crippen LogP contribution in [0.5, 0.6) is 0 Å². The maximum Gasteiger partial charge on any atom is 0.410 e. The summed E-state index contributed by atoms with van der Waals surface area (Å²) in [6.07, 6.45) is -4.32. The molecule has 1 spiro atoms. The number of amides is 1. The molecule has 7 heteroatoms. The lowest BCUT2D eigenvalue weighted by Crippen LogP contribution is -2.55. The van der Waals surface area contributed by atoms with Crippen molar-refractivity contribution in [3.63, 3.8) is 0 Å². The molecule has 1 saturated heterocycles. The second-order valence-corrected chi connectivity index (χ2v) is 7.79. The normalized spacial score (nSPS) is 22.5. The van der Waals surface area contributed by atoms with Crippen LogP contribution in [0, 0.1) is 0 Å². The van der Waals surface area contributed by atoms with Crippen molar-refractivity contribution >= 4 is 11.8 Å². The van der Waals surface area contributed by atoms with E-state index in [-0.39, 0.29) is 25.9 Å². The molecule has 1 N–H and O–H groups in total. The lowest BCUT2D eigenvalue weighted by molar-refractivity contribution is -0.159. The van der Waals surface area contributed by atoms with E-state index in [1.54, 1.807) is 45.0 Å². The topological polar surface area (TPSA) is 41.6 Å². The Morgan fingerprint density at radius 1 is 1.20 bits per heavy atom. The molecular weight excluding hydrogens is 333 g/mol. The maximum atomic E-state index is 13.7. The van der Waals surface area contributed by atoms with E-state index in [4.69, 9.17) is 4.74 Å². The average Bonchev–Trinajstić information content (AvgIpc) is 2.81. The Morgan fingerprint density at radius 2 is 1.80 bits per heavy atom. The number of hydrogen-bond donors (Lipinski definition) is 1. The number of anilines is 1. The molecule has 4 nitrogen and oxygen atoms in total. The third-order valence-corrected chi connectivity index (χ3v) is 4.95. The smallest absolute Gasteiger partial charge is 0.410 e. The minimum absolute atomic E-state index is 0.248. The summed E-state index contributed by atoms with van der Waals surface area (Å²) in [5, 5.41) is 2.66. The van der Waals surface area contributed by atoms with Gasteiger partial charge in [-0.3, -0.25) is 0 Å². The summed E-state index contributed by atoms with van der Waals surface area (Å²) >= 11 is 0. The van der Waals surface area contributed by atoms with Crippen LogP contribution in [-0.2, 0) is 10.2 Å². The van der Waals surface area contributed by atoms with Gasteiger partial charge in [-0.2, -0.15) is 13.2 Å². The zero-order valence-corrected chi connectivity index (χ0v) is 14.6. The lowest BCUT2D eigenvalue weighted by Gasteiger charge is -2.43. The highest BCUT2D eigenvalue weighted by atomic mass is 19.4. The molecule has 1 atom stereocenters. The number of alkyl halides is 3. The van der Waals surface area contributed by atoms with Gasteiger partial charge in [0, 0.05) is 24.2 Å². The molecule has 0 radical (unpaired) electrons. The fourth-order valence-corrected chi connectivity index (χ4v) is 3.86. The number of piperidine rings is 1. The van der Waals surface area contributed by atoms with E-state index in [9.17, 15) is 18.0 Å². The predicted octanol–water partition coefficient (Wildman–Crippen LogP) is 4.31. The summed E-state index contributed by atoms with van der Waals surface area (Å²) in [5.41, 5.74) is -0.424. The van der Waals surface area contributed by atoms with Crippen LogP contribution in [0.3, 0.4) is 0 Å². The van der Waals surface area contributed by atoms with E-state index in [0.29, 0.717) is 11.3 Å². The van der Waals surface area contributed by atoms with Crippen molar-refractivity contribution in [1.82, 2.24) is 4.90 Å². The lowest BCUT2D eigenvalue weighted by atomic mass is 9.69. The molecule has 0 aliphatic carbocycles. The molecule has 1 fully saturated rings. The summed E-state index contributed by atoms with van der Waals surface area (Å²) in [6, 6.07) is 5.31. The molecule has 138 valence electrons. The number of likely N-dealkylation sites (tertiary alicyclic amines) is 1. The zero-order valence-electron chi connectivity index (χ0n) is 14.6. The first-order valence-electron chi connectivity index (χ1n) is 8.44. The van der Waals surface area contributed by atoms with E-state index in [1.165, 1.54) is 4.90 Å². The van der Waals surface area contributed by atoms with Crippen LogP contribution >= 0.6 is 0 Å². The van der Waals surface area contributed by atoms with E-state index in [0.717, 1.165) is 0 Å². The van der Waals surface area contributed by atoms with Crippen LogP contribution in [0.1, 0.15) is 39.2 Å². The Kier molecular flexibility index (Phi) is 4.16. The Morgan fingerprint density at radius 3 is 2.36 bits per heavy atom. The molecule has 2 aliphatic heterocycles. The fraction of sp³-hybridized carbons (Fsp3) is 0.611. The molecule has 2 heterocycles. The van der Waals surface area contributed by atoms with Gasteiger partial charge >= 0.3 is 12.3 Å². The third kappa shape index (κ3) is 3.28. The van der Waals surface area contributed by atoms with E-state index in [1.807, 2.05) is 0 Å². The molecule has 1 amide bonds. The predicted molar refractivity (Wildman–Crippen MR) is 88.6 cm³/mol. The molecule has 2 aliphatic rings. The van der Waals surface area contributed by atoms with E-state index >= 15 is 0 Å². The Hall–Kier alpha value is -1.92. The molecule has 3 rings (SSSR count). The Balaban J connectivity index is 1.83. The second-order valence-electron chi connectivity index (χ2n) is 7.79. The first-order valence-corrected chi connectivity index (χ1v) is 8.44. The summed E-state index contributed by atoms with van der Waals surface area (Å²) < 4.78 is 46.3. The second kappa shape index (κ2) is 5.81. The molecule has 25 heavy (non-hydrogen) atoms. The summed E-state index contributed by atoms with van der Waals surface area (Å²) in [4.78, 5) is 13.7. The molecule has 1 aromatic carbocycles. The van der Waals surface area contributed by atoms with Crippen molar-refractivity contribution in [1.29, 1.82) is 0 Å². The number of halogens is 3. The number of carbonyl (C=O) groups excluding carboxylic acids is 1. The van der Waals surface area contributed by atoms with Crippen molar-refractivity contribution in [2.24, 2.45) is 0 Å². The standard InChI is InChI=1S/C18H23F3N2O2/c1-16(2,3)25-15(24)23-10-8-17(9-11-23)12-6-4-5-7-13(12)22-14(17)18(19,20)21/h4-7,14,22H,8-11H2,1-3H3/t14-/m0/s1. The van der Waals surface area contributed by atoms with Crippen molar-refractivity contribution in [3.05, 3.63) is 29.8 Å². The van der Waals surface area contributed by atoms with Gasteiger partial charge < -0.3 is 15.0 Å². The van der Waals surface area contributed by atoms with Gasteiger partial charge in [0.15, 0.2) is 0 Å². The number of nitrogens with zero attached hydrogens (tertiary/aromatic N) is 1. The fourth-order valence-electron chi connectivity index (χ4n) is 3.86. The molecular formula is C18H23F3N2O2. The van der Waals surface area contributed by atoms with Crippen LogP contribution < -0.4 is 5.32 Å². The highest BCUT2D eigenvalue weighted by Gasteiger charge is 2.59. The first kappa shape index (κ1) is 17.9. The van der Waals surface area contributed by atoms with Crippen molar-refractivity contribution in [2.75, 3.05) is 18.4 Å². The quantitative estimate of drug-likeness (QED) is 0.753.